The Bertz CT molecular complexity index is 430. The Hall–Kier alpha value is -1.27. The molecule has 1 saturated heterocycles. The second-order valence-electron chi connectivity index (χ2n) is 6.03. The molecule has 0 radical (unpaired) electrons. The summed E-state index contributed by atoms with van der Waals surface area (Å²) in [6.07, 6.45) is -4.86. The van der Waals surface area contributed by atoms with Crippen LogP contribution >= 0.6 is 0 Å². The standard InChI is InChI=1S/C13H19F3N2O2/c1-8(2)9-10(19)17(3)6-7-18(9)11(20)12(4-5-12)13(14,15)16/h8-9H,4-7H2,1-3H3/t9-/m0/s1. The van der Waals surface area contributed by atoms with E-state index in [-0.39, 0.29) is 37.8 Å². The molecule has 1 aliphatic carbocycles. The number of carbonyl (C=O) groups excluding carboxylic acids is 2. The van der Waals surface area contributed by atoms with Crippen LogP contribution in [0.25, 0.3) is 0 Å². The molecule has 1 saturated carbocycles. The zero-order chi connectivity index (χ0) is 15.3. The van der Waals surface area contributed by atoms with Gasteiger partial charge in [0, 0.05) is 20.1 Å². The maximum Gasteiger partial charge on any atom is 0.403 e. The molecule has 114 valence electrons. The molecule has 1 atom stereocenters. The molecule has 0 spiro atoms. The molecule has 7 heteroatoms. The van der Waals surface area contributed by atoms with Crippen molar-refractivity contribution in [3.05, 3.63) is 0 Å². The van der Waals surface area contributed by atoms with Crippen molar-refractivity contribution >= 4 is 11.8 Å². The summed E-state index contributed by atoms with van der Waals surface area (Å²) in [5, 5.41) is 0. The number of halogens is 3. The first-order chi connectivity index (χ1) is 9.12. The highest BCUT2D eigenvalue weighted by Crippen LogP contribution is 2.59. The maximum atomic E-state index is 13.1. The first kappa shape index (κ1) is 15.1. The van der Waals surface area contributed by atoms with Crippen molar-refractivity contribution in [3.63, 3.8) is 0 Å². The molecule has 2 rings (SSSR count). The summed E-state index contributed by atoms with van der Waals surface area (Å²) in [5.41, 5.74) is -2.24. The molecular formula is C13H19F3N2O2. The third-order valence-electron chi connectivity index (χ3n) is 4.24. The van der Waals surface area contributed by atoms with Crippen LogP contribution in [0.2, 0.25) is 0 Å². The number of piperazine rings is 1. The summed E-state index contributed by atoms with van der Waals surface area (Å²) in [5.74, 6) is -1.42. The smallest absolute Gasteiger partial charge is 0.342 e. The Balaban J connectivity index is 2.27. The molecule has 4 nitrogen and oxygen atoms in total. The minimum atomic E-state index is -4.53. The second kappa shape index (κ2) is 4.63. The van der Waals surface area contributed by atoms with Crippen LogP contribution in [0.4, 0.5) is 13.2 Å². The molecule has 0 aromatic rings. The summed E-state index contributed by atoms with van der Waals surface area (Å²) >= 11 is 0. The Labute approximate surface area is 115 Å². The Morgan fingerprint density at radius 2 is 1.85 bits per heavy atom. The summed E-state index contributed by atoms with van der Waals surface area (Å²) in [4.78, 5) is 27.1. The lowest BCUT2D eigenvalue weighted by atomic mass is 9.95. The van der Waals surface area contributed by atoms with Gasteiger partial charge in [-0.1, -0.05) is 13.8 Å². The SMILES string of the molecule is CC(C)[C@H]1C(=O)N(C)CCN1C(=O)C1(C(F)(F)F)CC1. The minimum absolute atomic E-state index is 0.166. The lowest BCUT2D eigenvalue weighted by molar-refractivity contribution is -0.202. The predicted octanol–water partition coefficient (Wildman–Crippen LogP) is 1.65. The van der Waals surface area contributed by atoms with Gasteiger partial charge in [0.05, 0.1) is 0 Å². The van der Waals surface area contributed by atoms with E-state index in [1.165, 1.54) is 4.90 Å². The van der Waals surface area contributed by atoms with E-state index in [4.69, 9.17) is 0 Å². The predicted molar refractivity (Wildman–Crippen MR) is 65.7 cm³/mol. The molecular weight excluding hydrogens is 273 g/mol. The normalized spacial score (nSPS) is 26.1. The fourth-order valence-corrected chi connectivity index (χ4v) is 2.76. The molecule has 0 unspecified atom stereocenters. The van der Waals surface area contributed by atoms with Crippen molar-refractivity contribution in [2.45, 2.75) is 38.9 Å². The first-order valence-corrected chi connectivity index (χ1v) is 6.74. The van der Waals surface area contributed by atoms with Gasteiger partial charge < -0.3 is 9.80 Å². The number of nitrogens with zero attached hydrogens (tertiary/aromatic N) is 2. The van der Waals surface area contributed by atoms with E-state index in [1.807, 2.05) is 0 Å². The highest BCUT2D eigenvalue weighted by Gasteiger charge is 2.70. The molecule has 0 bridgehead atoms. The van der Waals surface area contributed by atoms with Crippen LogP contribution in [-0.4, -0.2) is 54.0 Å². The fraction of sp³-hybridized carbons (Fsp3) is 0.846. The number of rotatable bonds is 2. The van der Waals surface area contributed by atoms with E-state index in [0.717, 1.165) is 4.90 Å². The fourth-order valence-electron chi connectivity index (χ4n) is 2.76. The summed E-state index contributed by atoms with van der Waals surface area (Å²) < 4.78 is 39.2. The second-order valence-corrected chi connectivity index (χ2v) is 6.03. The molecule has 0 aromatic heterocycles. The van der Waals surface area contributed by atoms with Gasteiger partial charge in [0.15, 0.2) is 0 Å². The molecule has 0 N–H and O–H groups in total. The monoisotopic (exact) mass is 292 g/mol. The van der Waals surface area contributed by atoms with Crippen LogP contribution in [0.1, 0.15) is 26.7 Å². The van der Waals surface area contributed by atoms with Crippen LogP contribution in [0.5, 0.6) is 0 Å². The van der Waals surface area contributed by atoms with E-state index in [1.54, 1.807) is 20.9 Å². The third kappa shape index (κ3) is 2.16. The van der Waals surface area contributed by atoms with Crippen LogP contribution in [0, 0.1) is 11.3 Å². The van der Waals surface area contributed by atoms with Gasteiger partial charge in [-0.05, 0) is 18.8 Å². The third-order valence-corrected chi connectivity index (χ3v) is 4.24. The molecule has 2 amide bonds. The molecule has 2 fully saturated rings. The first-order valence-electron chi connectivity index (χ1n) is 6.74. The molecule has 20 heavy (non-hydrogen) atoms. The van der Waals surface area contributed by atoms with Crippen molar-refractivity contribution in [2.24, 2.45) is 11.3 Å². The molecule has 1 heterocycles. The molecule has 0 aromatic carbocycles. The average molecular weight is 292 g/mol. The van der Waals surface area contributed by atoms with Crippen molar-refractivity contribution in [1.82, 2.24) is 9.80 Å². The van der Waals surface area contributed by atoms with E-state index in [0.29, 0.717) is 0 Å². The number of amides is 2. The Kier molecular flexibility index (Phi) is 3.50. The summed E-state index contributed by atoms with van der Waals surface area (Å²) in [6, 6.07) is -0.791. The minimum Gasteiger partial charge on any atom is -0.342 e. The van der Waals surface area contributed by atoms with Gasteiger partial charge in [-0.25, -0.2) is 0 Å². The van der Waals surface area contributed by atoms with E-state index >= 15 is 0 Å². The van der Waals surface area contributed by atoms with Gasteiger partial charge in [-0.15, -0.1) is 0 Å². The van der Waals surface area contributed by atoms with Crippen LogP contribution in [0.15, 0.2) is 0 Å². The lowest BCUT2D eigenvalue weighted by Gasteiger charge is -2.42. The number of hydrogen-bond acceptors (Lipinski definition) is 2. The van der Waals surface area contributed by atoms with E-state index < -0.39 is 23.5 Å². The highest BCUT2D eigenvalue weighted by atomic mass is 19.4. The lowest BCUT2D eigenvalue weighted by Crippen LogP contribution is -2.61. The Morgan fingerprint density at radius 1 is 1.30 bits per heavy atom. The van der Waals surface area contributed by atoms with Crippen molar-refractivity contribution in [2.75, 3.05) is 20.1 Å². The van der Waals surface area contributed by atoms with Crippen molar-refractivity contribution in [1.29, 1.82) is 0 Å². The van der Waals surface area contributed by atoms with Gasteiger partial charge in [-0.3, -0.25) is 9.59 Å². The van der Waals surface area contributed by atoms with E-state index in [2.05, 4.69) is 0 Å². The number of hydrogen-bond donors (Lipinski definition) is 0. The number of alkyl halides is 3. The van der Waals surface area contributed by atoms with Crippen LogP contribution < -0.4 is 0 Å². The number of likely N-dealkylation sites (N-methyl/N-ethyl adjacent to an activating group) is 1. The summed E-state index contributed by atoms with van der Waals surface area (Å²) in [7, 11) is 1.61. The highest BCUT2D eigenvalue weighted by molar-refractivity contribution is 5.93. The quantitative estimate of drug-likeness (QED) is 0.776. The van der Waals surface area contributed by atoms with Gasteiger partial charge in [0.2, 0.25) is 11.8 Å². The van der Waals surface area contributed by atoms with Gasteiger partial charge in [0.25, 0.3) is 0 Å². The van der Waals surface area contributed by atoms with Crippen LogP contribution in [0.3, 0.4) is 0 Å². The maximum absolute atomic E-state index is 13.1. The van der Waals surface area contributed by atoms with Gasteiger partial charge >= 0.3 is 6.18 Å². The molecule has 1 aliphatic heterocycles. The Morgan fingerprint density at radius 3 is 2.25 bits per heavy atom. The summed E-state index contributed by atoms with van der Waals surface area (Å²) in [6.45, 7) is 3.94. The number of carbonyl (C=O) groups is 2. The average Bonchev–Trinajstić information content (AvgIpc) is 3.11. The topological polar surface area (TPSA) is 40.6 Å². The zero-order valence-corrected chi connectivity index (χ0v) is 11.8. The largest absolute Gasteiger partial charge is 0.403 e. The molecule has 2 aliphatic rings. The van der Waals surface area contributed by atoms with Crippen LogP contribution in [-0.2, 0) is 9.59 Å². The van der Waals surface area contributed by atoms with Crippen molar-refractivity contribution < 1.29 is 22.8 Å². The van der Waals surface area contributed by atoms with Crippen molar-refractivity contribution in [3.8, 4) is 0 Å². The van der Waals surface area contributed by atoms with E-state index in [9.17, 15) is 22.8 Å². The zero-order valence-electron chi connectivity index (χ0n) is 11.8. The van der Waals surface area contributed by atoms with Gasteiger partial charge in [-0.2, -0.15) is 13.2 Å². The van der Waals surface area contributed by atoms with Gasteiger partial charge in [0.1, 0.15) is 11.5 Å².